The molecule has 0 aliphatic carbocycles. The molecule has 1 aromatic carbocycles. The Kier molecular flexibility index (Phi) is 3.54. The van der Waals surface area contributed by atoms with E-state index in [9.17, 15) is 5.11 Å². The Bertz CT molecular complexity index is 441. The molecular weight excluding hydrogens is 222 g/mol. The molecule has 0 radical (unpaired) electrons. The van der Waals surface area contributed by atoms with Crippen LogP contribution >= 0.6 is 11.6 Å². The molecule has 16 heavy (non-hydrogen) atoms. The molecule has 1 heterocycles. The summed E-state index contributed by atoms with van der Waals surface area (Å²) in [4.78, 5) is 3.92. The molecule has 3 heteroatoms. The number of benzene rings is 1. The van der Waals surface area contributed by atoms with Gasteiger partial charge in [0.15, 0.2) is 0 Å². The first-order valence-corrected chi connectivity index (χ1v) is 5.46. The SMILES string of the molecule is OC(Cc1ccc(Cl)cc1)c1ccncc1. The molecule has 1 aromatic heterocycles. The molecule has 0 spiro atoms. The monoisotopic (exact) mass is 233 g/mol. The van der Waals surface area contributed by atoms with Gasteiger partial charge < -0.3 is 5.11 Å². The number of halogens is 1. The maximum absolute atomic E-state index is 9.98. The minimum Gasteiger partial charge on any atom is -0.388 e. The highest BCUT2D eigenvalue weighted by Crippen LogP contribution is 2.18. The van der Waals surface area contributed by atoms with E-state index in [2.05, 4.69) is 4.98 Å². The summed E-state index contributed by atoms with van der Waals surface area (Å²) in [7, 11) is 0. The zero-order valence-electron chi connectivity index (χ0n) is 8.68. The fourth-order valence-electron chi connectivity index (χ4n) is 1.55. The van der Waals surface area contributed by atoms with Crippen molar-refractivity contribution in [3.63, 3.8) is 0 Å². The minimum absolute atomic E-state index is 0.496. The van der Waals surface area contributed by atoms with E-state index in [1.54, 1.807) is 12.4 Å². The van der Waals surface area contributed by atoms with Crippen molar-refractivity contribution in [2.45, 2.75) is 12.5 Å². The summed E-state index contributed by atoms with van der Waals surface area (Å²) in [6, 6.07) is 11.1. The molecule has 0 aliphatic heterocycles. The predicted molar refractivity (Wildman–Crippen MR) is 64.4 cm³/mol. The van der Waals surface area contributed by atoms with Gasteiger partial charge in [0.05, 0.1) is 6.10 Å². The van der Waals surface area contributed by atoms with Gasteiger partial charge in [0.25, 0.3) is 0 Å². The van der Waals surface area contributed by atoms with Gasteiger partial charge in [0.1, 0.15) is 0 Å². The number of aliphatic hydroxyl groups is 1. The number of aromatic nitrogens is 1. The van der Waals surface area contributed by atoms with Crippen LogP contribution in [0.3, 0.4) is 0 Å². The molecular formula is C13H12ClNO. The number of hydrogen-bond donors (Lipinski definition) is 1. The lowest BCUT2D eigenvalue weighted by molar-refractivity contribution is 0.178. The first-order chi connectivity index (χ1) is 7.75. The predicted octanol–water partition coefficient (Wildman–Crippen LogP) is 3.01. The highest BCUT2D eigenvalue weighted by Gasteiger charge is 2.07. The Morgan fingerprint density at radius 2 is 1.69 bits per heavy atom. The van der Waals surface area contributed by atoms with Crippen LogP contribution in [0, 0.1) is 0 Å². The molecule has 0 fully saturated rings. The van der Waals surface area contributed by atoms with Crippen molar-refractivity contribution >= 4 is 11.6 Å². The van der Waals surface area contributed by atoms with E-state index in [1.165, 1.54) is 0 Å². The molecule has 82 valence electrons. The van der Waals surface area contributed by atoms with Crippen molar-refractivity contribution in [1.82, 2.24) is 4.98 Å². The number of pyridine rings is 1. The van der Waals surface area contributed by atoms with Crippen molar-refractivity contribution < 1.29 is 5.11 Å². The summed E-state index contributed by atoms with van der Waals surface area (Å²) in [6.07, 6.45) is 3.45. The Labute approximate surface area is 99.5 Å². The summed E-state index contributed by atoms with van der Waals surface area (Å²) in [5, 5.41) is 10.7. The smallest absolute Gasteiger partial charge is 0.0831 e. The normalized spacial score (nSPS) is 12.4. The van der Waals surface area contributed by atoms with Gasteiger partial charge in [-0.1, -0.05) is 23.7 Å². The number of rotatable bonds is 3. The molecule has 1 atom stereocenters. The maximum atomic E-state index is 9.98. The van der Waals surface area contributed by atoms with Crippen LogP contribution in [-0.4, -0.2) is 10.1 Å². The Morgan fingerprint density at radius 3 is 2.31 bits per heavy atom. The van der Waals surface area contributed by atoms with Gasteiger partial charge in [-0.15, -0.1) is 0 Å². The van der Waals surface area contributed by atoms with E-state index < -0.39 is 6.10 Å². The summed E-state index contributed by atoms with van der Waals surface area (Å²) >= 11 is 5.79. The third-order valence-corrected chi connectivity index (χ3v) is 2.69. The lowest BCUT2D eigenvalue weighted by atomic mass is 10.0. The van der Waals surface area contributed by atoms with Crippen LogP contribution in [0.2, 0.25) is 5.02 Å². The molecule has 0 saturated heterocycles. The second kappa shape index (κ2) is 5.10. The standard InChI is InChI=1S/C13H12ClNO/c14-12-3-1-10(2-4-12)9-13(16)11-5-7-15-8-6-11/h1-8,13,16H,9H2. The maximum Gasteiger partial charge on any atom is 0.0831 e. The van der Waals surface area contributed by atoms with Crippen molar-refractivity contribution in [3.8, 4) is 0 Å². The van der Waals surface area contributed by atoms with E-state index >= 15 is 0 Å². The molecule has 0 aliphatic rings. The third kappa shape index (κ3) is 2.81. The van der Waals surface area contributed by atoms with Gasteiger partial charge in [0, 0.05) is 23.8 Å². The van der Waals surface area contributed by atoms with Gasteiger partial charge in [-0.2, -0.15) is 0 Å². The van der Waals surface area contributed by atoms with Crippen LogP contribution in [0.5, 0.6) is 0 Å². The quantitative estimate of drug-likeness (QED) is 0.884. The van der Waals surface area contributed by atoms with Crippen LogP contribution < -0.4 is 0 Å². The zero-order valence-corrected chi connectivity index (χ0v) is 9.43. The fraction of sp³-hybridized carbons (Fsp3) is 0.154. The molecule has 2 rings (SSSR count). The molecule has 1 unspecified atom stereocenters. The van der Waals surface area contributed by atoms with Crippen molar-refractivity contribution in [3.05, 3.63) is 64.9 Å². The summed E-state index contributed by atoms with van der Waals surface area (Å²) in [5.41, 5.74) is 1.94. The highest BCUT2D eigenvalue weighted by atomic mass is 35.5. The lowest BCUT2D eigenvalue weighted by Gasteiger charge is -2.10. The van der Waals surface area contributed by atoms with Crippen LogP contribution in [0.4, 0.5) is 0 Å². The molecule has 0 bridgehead atoms. The van der Waals surface area contributed by atoms with Crippen LogP contribution in [0.15, 0.2) is 48.8 Å². The zero-order chi connectivity index (χ0) is 11.4. The van der Waals surface area contributed by atoms with Gasteiger partial charge in [-0.3, -0.25) is 4.98 Å². The summed E-state index contributed by atoms with van der Waals surface area (Å²) < 4.78 is 0. The van der Waals surface area contributed by atoms with Gasteiger partial charge in [0.2, 0.25) is 0 Å². The topological polar surface area (TPSA) is 33.1 Å². The van der Waals surface area contributed by atoms with Gasteiger partial charge >= 0.3 is 0 Å². The van der Waals surface area contributed by atoms with Crippen LogP contribution in [0.1, 0.15) is 17.2 Å². The van der Waals surface area contributed by atoms with Crippen molar-refractivity contribution in [1.29, 1.82) is 0 Å². The second-order valence-electron chi connectivity index (χ2n) is 3.63. The van der Waals surface area contributed by atoms with E-state index in [-0.39, 0.29) is 0 Å². The number of nitrogens with zero attached hydrogens (tertiary/aromatic N) is 1. The fourth-order valence-corrected chi connectivity index (χ4v) is 1.67. The third-order valence-electron chi connectivity index (χ3n) is 2.43. The Morgan fingerprint density at radius 1 is 1.06 bits per heavy atom. The van der Waals surface area contributed by atoms with Gasteiger partial charge in [-0.25, -0.2) is 0 Å². The van der Waals surface area contributed by atoms with E-state index in [1.807, 2.05) is 36.4 Å². The van der Waals surface area contributed by atoms with Crippen molar-refractivity contribution in [2.24, 2.45) is 0 Å². The Balaban J connectivity index is 2.08. The molecule has 0 amide bonds. The number of hydrogen-bond acceptors (Lipinski definition) is 2. The van der Waals surface area contributed by atoms with Crippen LogP contribution in [0.25, 0.3) is 0 Å². The summed E-state index contributed by atoms with van der Waals surface area (Å²) in [6.45, 7) is 0. The molecule has 2 aromatic rings. The highest BCUT2D eigenvalue weighted by molar-refractivity contribution is 6.30. The van der Waals surface area contributed by atoms with E-state index in [4.69, 9.17) is 11.6 Å². The van der Waals surface area contributed by atoms with Crippen molar-refractivity contribution in [2.75, 3.05) is 0 Å². The van der Waals surface area contributed by atoms with Gasteiger partial charge in [-0.05, 0) is 35.4 Å². The number of aliphatic hydroxyl groups excluding tert-OH is 1. The first-order valence-electron chi connectivity index (χ1n) is 5.08. The first kappa shape index (κ1) is 11.1. The molecule has 0 saturated carbocycles. The lowest BCUT2D eigenvalue weighted by Crippen LogP contribution is -2.01. The minimum atomic E-state index is -0.496. The van der Waals surface area contributed by atoms with Crippen LogP contribution in [-0.2, 0) is 6.42 Å². The molecule has 1 N–H and O–H groups in total. The van der Waals surface area contributed by atoms with E-state index in [0.717, 1.165) is 11.1 Å². The Hall–Kier alpha value is -1.38. The van der Waals surface area contributed by atoms with E-state index in [0.29, 0.717) is 11.4 Å². The average molecular weight is 234 g/mol. The average Bonchev–Trinajstić information content (AvgIpc) is 2.33. The largest absolute Gasteiger partial charge is 0.388 e. The molecule has 2 nitrogen and oxygen atoms in total. The second-order valence-corrected chi connectivity index (χ2v) is 4.06. The summed E-state index contributed by atoms with van der Waals surface area (Å²) in [5.74, 6) is 0.